The van der Waals surface area contributed by atoms with Gasteiger partial charge in [-0.05, 0) is 31.4 Å². The highest BCUT2D eigenvalue weighted by atomic mass is 16.6. The first-order chi connectivity index (χ1) is 12.5. The van der Waals surface area contributed by atoms with Gasteiger partial charge in [-0.15, -0.1) is 0 Å². The molecular formula is C20H29NO5. The zero-order valence-electron chi connectivity index (χ0n) is 16.0. The second-order valence-electron chi connectivity index (χ2n) is 6.79. The van der Waals surface area contributed by atoms with Gasteiger partial charge in [-0.1, -0.05) is 26.2 Å². The largest absolute Gasteiger partial charge is 0.465 e. The second kappa shape index (κ2) is 9.01. The maximum Gasteiger partial charge on any atom is 0.324 e. The van der Waals surface area contributed by atoms with Gasteiger partial charge in [0.1, 0.15) is 0 Å². The Labute approximate surface area is 154 Å². The smallest absolute Gasteiger partial charge is 0.324 e. The minimum Gasteiger partial charge on any atom is -0.465 e. The van der Waals surface area contributed by atoms with E-state index in [2.05, 4.69) is 6.92 Å². The van der Waals surface area contributed by atoms with Gasteiger partial charge in [0, 0.05) is 31.6 Å². The van der Waals surface area contributed by atoms with E-state index in [4.69, 9.17) is 9.47 Å². The van der Waals surface area contributed by atoms with Gasteiger partial charge in [-0.2, -0.15) is 0 Å². The third kappa shape index (κ3) is 4.17. The highest BCUT2D eigenvalue weighted by Crippen LogP contribution is 2.39. The lowest BCUT2D eigenvalue weighted by atomic mass is 9.85. The van der Waals surface area contributed by atoms with Crippen LogP contribution in [0.3, 0.4) is 0 Å². The first-order valence-electron chi connectivity index (χ1n) is 9.55. The molecule has 6 heteroatoms. The van der Waals surface area contributed by atoms with Crippen LogP contribution >= 0.6 is 0 Å². The van der Waals surface area contributed by atoms with Crippen LogP contribution in [0.15, 0.2) is 17.1 Å². The van der Waals surface area contributed by atoms with E-state index in [1.54, 1.807) is 30.7 Å². The van der Waals surface area contributed by atoms with Crippen LogP contribution in [0, 0.1) is 5.41 Å². The van der Waals surface area contributed by atoms with Gasteiger partial charge in [0.05, 0.1) is 13.2 Å². The lowest BCUT2D eigenvalue weighted by Gasteiger charge is -2.23. The molecule has 1 aromatic heterocycles. The Hall–Kier alpha value is -2.11. The summed E-state index contributed by atoms with van der Waals surface area (Å²) in [5.41, 5.74) is 0.119. The molecule has 0 saturated carbocycles. The number of hydrogen-bond donors (Lipinski definition) is 0. The lowest BCUT2D eigenvalue weighted by molar-refractivity contribution is -0.171. The number of unbranched alkanes of at least 4 members (excludes halogenated alkanes) is 3. The van der Waals surface area contributed by atoms with Crippen LogP contribution in [-0.2, 0) is 38.4 Å². The van der Waals surface area contributed by atoms with Gasteiger partial charge in [-0.3, -0.25) is 14.4 Å². The summed E-state index contributed by atoms with van der Waals surface area (Å²) in [6, 6.07) is 1.55. The van der Waals surface area contributed by atoms with E-state index < -0.39 is 17.4 Å². The van der Waals surface area contributed by atoms with Gasteiger partial charge in [0.25, 0.3) is 5.56 Å². The summed E-state index contributed by atoms with van der Waals surface area (Å²) < 4.78 is 12.0. The topological polar surface area (TPSA) is 74.6 Å². The van der Waals surface area contributed by atoms with Crippen molar-refractivity contribution in [2.45, 2.75) is 65.8 Å². The maximum absolute atomic E-state index is 12.6. The van der Waals surface area contributed by atoms with E-state index in [-0.39, 0.29) is 31.6 Å². The number of hydrogen-bond acceptors (Lipinski definition) is 5. The van der Waals surface area contributed by atoms with E-state index in [0.717, 1.165) is 36.8 Å². The molecule has 0 aliphatic heterocycles. The number of aromatic nitrogens is 1. The molecule has 0 spiro atoms. The molecule has 1 heterocycles. The van der Waals surface area contributed by atoms with Crippen molar-refractivity contribution in [2.24, 2.45) is 5.41 Å². The van der Waals surface area contributed by atoms with Crippen LogP contribution in [0.1, 0.15) is 57.6 Å². The van der Waals surface area contributed by atoms with Crippen molar-refractivity contribution >= 4 is 11.9 Å². The predicted molar refractivity (Wildman–Crippen MR) is 98.0 cm³/mol. The number of carbonyl (C=O) groups excluding carboxylic acids is 2. The summed E-state index contributed by atoms with van der Waals surface area (Å²) in [6.45, 7) is 6.60. The molecule has 0 radical (unpaired) electrons. The van der Waals surface area contributed by atoms with Crippen molar-refractivity contribution in [1.29, 1.82) is 0 Å². The lowest BCUT2D eigenvalue weighted by Crippen LogP contribution is -2.43. The van der Waals surface area contributed by atoms with Crippen LogP contribution in [0.5, 0.6) is 0 Å². The van der Waals surface area contributed by atoms with E-state index >= 15 is 0 Å². The highest BCUT2D eigenvalue weighted by molar-refractivity contribution is 6.01. The molecule has 6 nitrogen and oxygen atoms in total. The van der Waals surface area contributed by atoms with E-state index in [1.165, 1.54) is 0 Å². The molecule has 0 aromatic carbocycles. The van der Waals surface area contributed by atoms with Crippen molar-refractivity contribution in [3.63, 3.8) is 0 Å². The van der Waals surface area contributed by atoms with Crippen molar-refractivity contribution in [2.75, 3.05) is 13.2 Å². The Morgan fingerprint density at radius 3 is 2.19 bits per heavy atom. The molecule has 2 rings (SSSR count). The molecular weight excluding hydrogens is 334 g/mol. The third-order valence-electron chi connectivity index (χ3n) is 4.87. The summed E-state index contributed by atoms with van der Waals surface area (Å²) >= 11 is 0. The van der Waals surface area contributed by atoms with Crippen LogP contribution < -0.4 is 5.56 Å². The molecule has 144 valence electrons. The summed E-state index contributed by atoms with van der Waals surface area (Å²) in [5.74, 6) is -1.15. The molecule has 0 unspecified atom stereocenters. The molecule has 0 amide bonds. The number of carbonyl (C=O) groups is 2. The number of ether oxygens (including phenoxy) is 2. The van der Waals surface area contributed by atoms with Crippen molar-refractivity contribution < 1.29 is 19.1 Å². The Morgan fingerprint density at radius 2 is 1.62 bits per heavy atom. The van der Waals surface area contributed by atoms with E-state index in [1.807, 2.05) is 0 Å². The summed E-state index contributed by atoms with van der Waals surface area (Å²) in [4.78, 5) is 37.5. The summed E-state index contributed by atoms with van der Waals surface area (Å²) in [5, 5.41) is 0. The number of fused-ring (bicyclic) bond motifs is 1. The van der Waals surface area contributed by atoms with Gasteiger partial charge < -0.3 is 14.0 Å². The molecule has 26 heavy (non-hydrogen) atoms. The first kappa shape index (κ1) is 20.2. The Bertz CT molecular complexity index is 689. The van der Waals surface area contributed by atoms with Crippen molar-refractivity contribution in [3.05, 3.63) is 33.7 Å². The fraction of sp³-hybridized carbons (Fsp3) is 0.650. The summed E-state index contributed by atoms with van der Waals surface area (Å²) in [6.07, 6.45) is 6.48. The van der Waals surface area contributed by atoms with Crippen LogP contribution in [0.4, 0.5) is 0 Å². The molecule has 0 N–H and O–H groups in total. The van der Waals surface area contributed by atoms with Gasteiger partial charge in [-0.25, -0.2) is 0 Å². The van der Waals surface area contributed by atoms with Gasteiger partial charge in [0.15, 0.2) is 5.41 Å². The number of esters is 2. The predicted octanol–water partition coefficient (Wildman–Crippen LogP) is 2.64. The van der Waals surface area contributed by atoms with Crippen molar-refractivity contribution in [1.82, 2.24) is 4.57 Å². The quantitative estimate of drug-likeness (QED) is 0.383. The monoisotopic (exact) mass is 363 g/mol. The molecule has 0 atom stereocenters. The average Bonchev–Trinajstić information content (AvgIpc) is 2.99. The van der Waals surface area contributed by atoms with Crippen molar-refractivity contribution in [3.8, 4) is 0 Å². The fourth-order valence-corrected chi connectivity index (χ4v) is 3.49. The third-order valence-corrected chi connectivity index (χ3v) is 4.87. The van der Waals surface area contributed by atoms with Crippen LogP contribution in [0.2, 0.25) is 0 Å². The average molecular weight is 363 g/mol. The molecule has 0 bridgehead atoms. The minimum absolute atomic E-state index is 0.0937. The standard InChI is InChI=1S/C20H29NO5/c1-4-7-8-9-10-21-14-16-13-20(18(23)25-5-2,19(24)26-6-3)12-15(16)11-17(21)22/h11,14H,4-10,12-13H2,1-3H3. The van der Waals surface area contributed by atoms with Gasteiger partial charge in [0.2, 0.25) is 0 Å². The molecule has 1 aromatic rings. The van der Waals surface area contributed by atoms with Gasteiger partial charge >= 0.3 is 11.9 Å². The fourth-order valence-electron chi connectivity index (χ4n) is 3.49. The second-order valence-corrected chi connectivity index (χ2v) is 6.79. The SMILES string of the molecule is CCCCCCn1cc2c(cc1=O)CC(C(=O)OCC)(C(=O)OCC)C2. The Balaban J connectivity index is 2.26. The van der Waals surface area contributed by atoms with Crippen LogP contribution in [0.25, 0.3) is 0 Å². The number of aryl methyl sites for hydroxylation is 1. The zero-order valence-corrected chi connectivity index (χ0v) is 16.0. The Kier molecular flexibility index (Phi) is 7.00. The normalized spacial score (nSPS) is 14.7. The molecule has 0 saturated heterocycles. The number of pyridine rings is 1. The number of rotatable bonds is 9. The molecule has 0 fully saturated rings. The Morgan fingerprint density at radius 1 is 1.00 bits per heavy atom. The number of nitrogens with zero attached hydrogens (tertiary/aromatic N) is 1. The summed E-state index contributed by atoms with van der Waals surface area (Å²) in [7, 11) is 0. The maximum atomic E-state index is 12.6. The van der Waals surface area contributed by atoms with E-state index in [0.29, 0.717) is 6.54 Å². The molecule has 1 aliphatic rings. The molecule has 1 aliphatic carbocycles. The van der Waals surface area contributed by atoms with E-state index in [9.17, 15) is 14.4 Å². The first-order valence-corrected chi connectivity index (χ1v) is 9.55. The zero-order chi connectivity index (χ0) is 19.2. The minimum atomic E-state index is -1.37. The van der Waals surface area contributed by atoms with Crippen LogP contribution in [-0.4, -0.2) is 29.7 Å². The highest BCUT2D eigenvalue weighted by Gasteiger charge is 2.53.